The zero-order valence-electron chi connectivity index (χ0n) is 11.6. The van der Waals surface area contributed by atoms with E-state index in [2.05, 4.69) is 67.6 Å². The normalized spacial score (nSPS) is 12.3. The van der Waals surface area contributed by atoms with Crippen molar-refractivity contribution in [3.8, 4) is 0 Å². The van der Waals surface area contributed by atoms with Crippen LogP contribution in [-0.2, 0) is 11.2 Å². The maximum absolute atomic E-state index is 5.77. The molecule has 0 fully saturated rings. The van der Waals surface area contributed by atoms with E-state index >= 15 is 0 Å². The van der Waals surface area contributed by atoms with Crippen LogP contribution in [0.15, 0.2) is 60.7 Å². The van der Waals surface area contributed by atoms with Gasteiger partial charge >= 0.3 is 0 Å². The molecule has 0 saturated carbocycles. The topological polar surface area (TPSA) is 9.23 Å². The molecule has 2 aromatic rings. The van der Waals surface area contributed by atoms with Gasteiger partial charge in [0.25, 0.3) is 0 Å². The van der Waals surface area contributed by atoms with Crippen molar-refractivity contribution in [1.29, 1.82) is 0 Å². The first kappa shape index (κ1) is 13.8. The van der Waals surface area contributed by atoms with Crippen molar-refractivity contribution in [1.82, 2.24) is 0 Å². The fraction of sp³-hybridized carbons (Fsp3) is 0.333. The summed E-state index contributed by atoms with van der Waals surface area (Å²) in [5.41, 5.74) is 2.74. The van der Waals surface area contributed by atoms with Gasteiger partial charge in [0.2, 0.25) is 0 Å². The molecule has 19 heavy (non-hydrogen) atoms. The summed E-state index contributed by atoms with van der Waals surface area (Å²) in [4.78, 5) is 0. The summed E-state index contributed by atoms with van der Waals surface area (Å²) < 4.78 is 5.77. The van der Waals surface area contributed by atoms with Crippen molar-refractivity contribution >= 4 is 0 Å². The van der Waals surface area contributed by atoms with E-state index in [1.54, 1.807) is 0 Å². The summed E-state index contributed by atoms with van der Waals surface area (Å²) in [6.45, 7) is 3.86. The number of benzene rings is 2. The van der Waals surface area contributed by atoms with Crippen molar-refractivity contribution in [2.24, 2.45) is 0 Å². The van der Waals surface area contributed by atoms with Crippen molar-refractivity contribution < 1.29 is 4.74 Å². The molecule has 0 N–H and O–H groups in total. The van der Waals surface area contributed by atoms with Crippen LogP contribution in [-0.4, -0.2) is 13.2 Å². The van der Waals surface area contributed by atoms with Crippen LogP contribution in [0, 0.1) is 0 Å². The molecule has 0 aliphatic heterocycles. The Bertz CT molecular complexity index is 450. The van der Waals surface area contributed by atoms with E-state index in [0.29, 0.717) is 5.92 Å². The first-order valence-electron chi connectivity index (χ1n) is 7.03. The molecule has 0 aromatic heterocycles. The Morgan fingerprint density at radius 1 is 0.895 bits per heavy atom. The van der Waals surface area contributed by atoms with Gasteiger partial charge in [-0.3, -0.25) is 0 Å². The first-order chi connectivity index (χ1) is 9.36. The summed E-state index contributed by atoms with van der Waals surface area (Å²) in [6.07, 6.45) is 2.19. The number of rotatable bonds is 7. The van der Waals surface area contributed by atoms with Gasteiger partial charge in [0.15, 0.2) is 0 Å². The van der Waals surface area contributed by atoms with E-state index in [1.807, 2.05) is 0 Å². The molecule has 0 aliphatic carbocycles. The van der Waals surface area contributed by atoms with Crippen LogP contribution >= 0.6 is 0 Å². The van der Waals surface area contributed by atoms with Gasteiger partial charge in [-0.2, -0.15) is 0 Å². The first-order valence-corrected chi connectivity index (χ1v) is 7.03. The maximum atomic E-state index is 5.77. The lowest BCUT2D eigenvalue weighted by Crippen LogP contribution is -2.06. The van der Waals surface area contributed by atoms with Crippen LogP contribution < -0.4 is 0 Å². The van der Waals surface area contributed by atoms with Gasteiger partial charge < -0.3 is 4.74 Å². The fourth-order valence-corrected chi connectivity index (χ4v) is 2.16. The monoisotopic (exact) mass is 254 g/mol. The quantitative estimate of drug-likeness (QED) is 0.664. The van der Waals surface area contributed by atoms with Gasteiger partial charge in [-0.25, -0.2) is 0 Å². The summed E-state index contributed by atoms with van der Waals surface area (Å²) in [5, 5.41) is 0. The van der Waals surface area contributed by atoms with Crippen molar-refractivity contribution in [2.45, 2.75) is 25.7 Å². The summed E-state index contributed by atoms with van der Waals surface area (Å²) in [7, 11) is 0. The molecule has 0 radical (unpaired) electrons. The van der Waals surface area contributed by atoms with E-state index in [9.17, 15) is 0 Å². The SMILES string of the molecule is C[C@H](COCCCc1ccccc1)c1ccccc1. The second-order valence-electron chi connectivity index (χ2n) is 4.98. The van der Waals surface area contributed by atoms with E-state index in [0.717, 1.165) is 26.1 Å². The number of hydrogen-bond acceptors (Lipinski definition) is 1. The van der Waals surface area contributed by atoms with Crippen molar-refractivity contribution in [2.75, 3.05) is 13.2 Å². The average molecular weight is 254 g/mol. The molecule has 0 unspecified atom stereocenters. The van der Waals surface area contributed by atoms with Gasteiger partial charge in [-0.15, -0.1) is 0 Å². The minimum Gasteiger partial charge on any atom is -0.381 e. The standard InChI is InChI=1S/C18H22O/c1-16(18-12-6-3-7-13-18)15-19-14-8-11-17-9-4-2-5-10-17/h2-7,9-10,12-13,16H,8,11,14-15H2,1H3/t16-/m1/s1. The predicted octanol–water partition coefficient (Wildman–Crippen LogP) is 4.44. The highest BCUT2D eigenvalue weighted by Gasteiger charge is 2.04. The molecule has 0 amide bonds. The van der Waals surface area contributed by atoms with Crippen LogP contribution in [0.2, 0.25) is 0 Å². The Balaban J connectivity index is 1.62. The second kappa shape index (κ2) is 7.75. The third-order valence-electron chi connectivity index (χ3n) is 3.33. The largest absolute Gasteiger partial charge is 0.381 e. The van der Waals surface area contributed by atoms with E-state index in [4.69, 9.17) is 4.74 Å². The lowest BCUT2D eigenvalue weighted by Gasteiger charge is -2.12. The number of aryl methyl sites for hydroxylation is 1. The van der Waals surface area contributed by atoms with Crippen LogP contribution in [0.3, 0.4) is 0 Å². The smallest absolute Gasteiger partial charge is 0.0532 e. The zero-order valence-corrected chi connectivity index (χ0v) is 11.6. The third-order valence-corrected chi connectivity index (χ3v) is 3.33. The Hall–Kier alpha value is -1.60. The Kier molecular flexibility index (Phi) is 5.64. The molecule has 1 atom stereocenters. The number of ether oxygens (including phenoxy) is 1. The van der Waals surface area contributed by atoms with E-state index < -0.39 is 0 Å². The Labute approximate surface area is 116 Å². The molecule has 0 bridgehead atoms. The summed E-state index contributed by atoms with van der Waals surface area (Å²) >= 11 is 0. The van der Waals surface area contributed by atoms with Gasteiger partial charge in [0.1, 0.15) is 0 Å². The third kappa shape index (κ3) is 4.88. The average Bonchev–Trinajstić information content (AvgIpc) is 2.49. The molecule has 0 heterocycles. The molecule has 1 nitrogen and oxygen atoms in total. The molecule has 0 spiro atoms. The molecular weight excluding hydrogens is 232 g/mol. The molecule has 100 valence electrons. The molecule has 0 aliphatic rings. The van der Waals surface area contributed by atoms with E-state index in [-0.39, 0.29) is 0 Å². The Morgan fingerprint density at radius 2 is 1.53 bits per heavy atom. The van der Waals surface area contributed by atoms with Gasteiger partial charge in [0.05, 0.1) is 6.61 Å². The molecular formula is C18H22O. The zero-order chi connectivity index (χ0) is 13.3. The van der Waals surface area contributed by atoms with Gasteiger partial charge in [0, 0.05) is 12.5 Å². The summed E-state index contributed by atoms with van der Waals surface area (Å²) in [5.74, 6) is 0.470. The van der Waals surface area contributed by atoms with Crippen molar-refractivity contribution in [3.05, 3.63) is 71.8 Å². The highest BCUT2D eigenvalue weighted by atomic mass is 16.5. The summed E-state index contributed by atoms with van der Waals surface area (Å²) in [6, 6.07) is 21.1. The molecule has 0 saturated heterocycles. The highest BCUT2D eigenvalue weighted by Crippen LogP contribution is 2.14. The van der Waals surface area contributed by atoms with Crippen LogP contribution in [0.5, 0.6) is 0 Å². The van der Waals surface area contributed by atoms with Crippen LogP contribution in [0.1, 0.15) is 30.4 Å². The van der Waals surface area contributed by atoms with Gasteiger partial charge in [-0.05, 0) is 24.0 Å². The van der Waals surface area contributed by atoms with Gasteiger partial charge in [-0.1, -0.05) is 67.6 Å². The van der Waals surface area contributed by atoms with Crippen LogP contribution in [0.25, 0.3) is 0 Å². The van der Waals surface area contributed by atoms with E-state index in [1.165, 1.54) is 11.1 Å². The highest BCUT2D eigenvalue weighted by molar-refractivity contribution is 5.18. The minimum atomic E-state index is 0.470. The second-order valence-corrected chi connectivity index (χ2v) is 4.98. The van der Waals surface area contributed by atoms with Crippen LogP contribution in [0.4, 0.5) is 0 Å². The minimum absolute atomic E-state index is 0.470. The molecule has 1 heteroatoms. The van der Waals surface area contributed by atoms with Crippen molar-refractivity contribution in [3.63, 3.8) is 0 Å². The fourth-order valence-electron chi connectivity index (χ4n) is 2.16. The predicted molar refractivity (Wildman–Crippen MR) is 80.4 cm³/mol. The maximum Gasteiger partial charge on any atom is 0.0532 e. The Morgan fingerprint density at radius 3 is 2.21 bits per heavy atom. The lowest BCUT2D eigenvalue weighted by atomic mass is 10.0. The molecule has 2 aromatic carbocycles. The lowest BCUT2D eigenvalue weighted by molar-refractivity contribution is 0.121. The molecule has 2 rings (SSSR count). The number of hydrogen-bond donors (Lipinski definition) is 0.